The third-order valence-corrected chi connectivity index (χ3v) is 2.47. The number of carbonyl (C=O) groups is 1. The SMILES string of the molecule is O=C([Se])Cc1ccc2ccccc2c1. The van der Waals surface area contributed by atoms with Gasteiger partial charge >= 0.3 is 90.7 Å². The minimum absolute atomic E-state index is 0.0836. The Morgan fingerprint density at radius 3 is 2.50 bits per heavy atom. The molecule has 0 aliphatic heterocycles. The van der Waals surface area contributed by atoms with E-state index in [0.29, 0.717) is 6.42 Å². The van der Waals surface area contributed by atoms with Gasteiger partial charge in [0.2, 0.25) is 0 Å². The molecule has 69 valence electrons. The number of hydrogen-bond acceptors (Lipinski definition) is 1. The Balaban J connectivity index is 2.46. The molecule has 2 rings (SSSR count). The molecule has 0 aliphatic carbocycles. The Labute approximate surface area is 90.9 Å². The Bertz CT molecular complexity index is 476. The molecular weight excluding hydrogens is 239 g/mol. The van der Waals surface area contributed by atoms with Gasteiger partial charge in [0.05, 0.1) is 0 Å². The van der Waals surface area contributed by atoms with E-state index in [2.05, 4.69) is 34.2 Å². The molecule has 0 spiro atoms. The van der Waals surface area contributed by atoms with Crippen molar-refractivity contribution in [3.05, 3.63) is 48.0 Å². The summed E-state index contributed by atoms with van der Waals surface area (Å²) < 4.78 is 0.0836. The zero-order valence-corrected chi connectivity index (χ0v) is 9.28. The van der Waals surface area contributed by atoms with E-state index in [1.165, 1.54) is 10.8 Å². The molecule has 2 aromatic carbocycles. The molecule has 0 N–H and O–H groups in total. The molecule has 0 fully saturated rings. The molecule has 2 heteroatoms. The van der Waals surface area contributed by atoms with E-state index in [-0.39, 0.29) is 4.68 Å². The van der Waals surface area contributed by atoms with Crippen molar-refractivity contribution in [1.29, 1.82) is 0 Å². The maximum atomic E-state index is 10.9. The van der Waals surface area contributed by atoms with Gasteiger partial charge in [-0.25, -0.2) is 0 Å². The van der Waals surface area contributed by atoms with Crippen molar-refractivity contribution >= 4 is 31.5 Å². The third-order valence-electron chi connectivity index (χ3n) is 2.16. The summed E-state index contributed by atoms with van der Waals surface area (Å²) in [5.41, 5.74) is 1.06. The fourth-order valence-electron chi connectivity index (χ4n) is 1.52. The number of hydrogen-bond donors (Lipinski definition) is 0. The first kappa shape index (κ1) is 9.44. The fourth-order valence-corrected chi connectivity index (χ4v) is 1.87. The van der Waals surface area contributed by atoms with Crippen LogP contribution < -0.4 is 0 Å². The molecule has 1 radical (unpaired) electrons. The van der Waals surface area contributed by atoms with E-state index < -0.39 is 0 Å². The van der Waals surface area contributed by atoms with Crippen molar-refractivity contribution in [3.63, 3.8) is 0 Å². The fraction of sp³-hybridized carbons (Fsp3) is 0.0833. The van der Waals surface area contributed by atoms with Crippen LogP contribution in [-0.4, -0.2) is 20.7 Å². The summed E-state index contributed by atoms with van der Waals surface area (Å²) in [7, 11) is 0. The molecule has 0 bridgehead atoms. The Morgan fingerprint density at radius 1 is 1.07 bits per heavy atom. The monoisotopic (exact) mass is 249 g/mol. The van der Waals surface area contributed by atoms with E-state index in [9.17, 15) is 4.79 Å². The van der Waals surface area contributed by atoms with Crippen LogP contribution in [0.2, 0.25) is 0 Å². The normalized spacial score (nSPS) is 10.3. The second-order valence-electron chi connectivity index (χ2n) is 3.23. The summed E-state index contributed by atoms with van der Waals surface area (Å²) in [6.07, 6.45) is 0.477. The van der Waals surface area contributed by atoms with Crippen molar-refractivity contribution < 1.29 is 4.79 Å². The predicted octanol–water partition coefficient (Wildman–Crippen LogP) is 2.08. The van der Waals surface area contributed by atoms with E-state index in [1.54, 1.807) is 0 Å². The topological polar surface area (TPSA) is 17.1 Å². The molecule has 0 atom stereocenters. The van der Waals surface area contributed by atoms with Gasteiger partial charge in [-0.1, -0.05) is 0 Å². The second-order valence-corrected chi connectivity index (χ2v) is 4.19. The van der Waals surface area contributed by atoms with Crippen LogP contribution in [0.5, 0.6) is 0 Å². The molecule has 0 aromatic heterocycles. The Hall–Kier alpha value is -1.11. The number of carbonyl (C=O) groups excluding carboxylic acids is 1. The summed E-state index contributed by atoms with van der Waals surface area (Å²) in [5, 5.41) is 2.40. The number of benzene rings is 2. The number of rotatable bonds is 2. The molecule has 0 heterocycles. The van der Waals surface area contributed by atoms with Gasteiger partial charge in [-0.05, 0) is 0 Å². The standard InChI is InChI=1S/C12H9OSe/c13-12(14)8-9-5-6-10-3-1-2-4-11(10)7-9/h1-7H,8H2. The van der Waals surface area contributed by atoms with Crippen LogP contribution >= 0.6 is 0 Å². The molecule has 0 aliphatic rings. The van der Waals surface area contributed by atoms with Crippen LogP contribution in [0, 0.1) is 0 Å². The first-order valence-corrected chi connectivity index (χ1v) is 5.29. The Morgan fingerprint density at radius 2 is 1.79 bits per heavy atom. The van der Waals surface area contributed by atoms with Crippen LogP contribution in [-0.2, 0) is 11.2 Å². The molecule has 0 amide bonds. The van der Waals surface area contributed by atoms with Gasteiger partial charge in [-0.3, -0.25) is 0 Å². The summed E-state index contributed by atoms with van der Waals surface area (Å²) in [6, 6.07) is 14.3. The molecule has 0 saturated carbocycles. The summed E-state index contributed by atoms with van der Waals surface area (Å²) in [4.78, 5) is 10.9. The van der Waals surface area contributed by atoms with Gasteiger partial charge in [0.15, 0.2) is 0 Å². The second kappa shape index (κ2) is 3.95. The maximum absolute atomic E-state index is 10.9. The summed E-state index contributed by atoms with van der Waals surface area (Å²) >= 11 is 2.50. The zero-order chi connectivity index (χ0) is 9.97. The molecule has 0 saturated heterocycles. The van der Waals surface area contributed by atoms with Crippen molar-refractivity contribution in [2.24, 2.45) is 0 Å². The summed E-state index contributed by atoms with van der Waals surface area (Å²) in [6.45, 7) is 0. The molecular formula is C12H9OSe. The summed E-state index contributed by atoms with van der Waals surface area (Å²) in [5.74, 6) is 0. The van der Waals surface area contributed by atoms with Gasteiger partial charge in [0.25, 0.3) is 0 Å². The first-order chi connectivity index (χ1) is 6.75. The molecule has 14 heavy (non-hydrogen) atoms. The average Bonchev–Trinajstić information content (AvgIpc) is 2.17. The van der Waals surface area contributed by atoms with Crippen molar-refractivity contribution in [3.8, 4) is 0 Å². The van der Waals surface area contributed by atoms with E-state index in [4.69, 9.17) is 0 Å². The van der Waals surface area contributed by atoms with Crippen LogP contribution in [0.4, 0.5) is 0 Å². The van der Waals surface area contributed by atoms with Crippen LogP contribution in [0.25, 0.3) is 10.8 Å². The van der Waals surface area contributed by atoms with Gasteiger partial charge < -0.3 is 0 Å². The predicted molar refractivity (Wildman–Crippen MR) is 58.4 cm³/mol. The van der Waals surface area contributed by atoms with Crippen molar-refractivity contribution in [1.82, 2.24) is 0 Å². The molecule has 2 aromatic rings. The van der Waals surface area contributed by atoms with Gasteiger partial charge in [0, 0.05) is 0 Å². The van der Waals surface area contributed by atoms with Crippen LogP contribution in [0.15, 0.2) is 42.5 Å². The van der Waals surface area contributed by atoms with E-state index in [0.717, 1.165) is 5.56 Å². The average molecular weight is 248 g/mol. The third kappa shape index (κ3) is 2.03. The first-order valence-electron chi connectivity index (χ1n) is 4.43. The quantitative estimate of drug-likeness (QED) is 0.743. The van der Waals surface area contributed by atoms with E-state index in [1.807, 2.05) is 24.3 Å². The van der Waals surface area contributed by atoms with Crippen molar-refractivity contribution in [2.75, 3.05) is 0 Å². The van der Waals surface area contributed by atoms with Gasteiger partial charge in [-0.2, -0.15) is 0 Å². The molecule has 0 unspecified atom stereocenters. The zero-order valence-electron chi connectivity index (χ0n) is 7.57. The van der Waals surface area contributed by atoms with Gasteiger partial charge in [-0.15, -0.1) is 0 Å². The Kier molecular flexibility index (Phi) is 2.67. The van der Waals surface area contributed by atoms with Gasteiger partial charge in [0.1, 0.15) is 0 Å². The van der Waals surface area contributed by atoms with E-state index >= 15 is 0 Å². The van der Waals surface area contributed by atoms with Crippen molar-refractivity contribution in [2.45, 2.75) is 6.42 Å². The minimum atomic E-state index is 0.0836. The molecule has 1 nitrogen and oxygen atoms in total. The van der Waals surface area contributed by atoms with Crippen LogP contribution in [0.1, 0.15) is 5.56 Å². The number of fused-ring (bicyclic) bond motifs is 1. The van der Waals surface area contributed by atoms with Crippen LogP contribution in [0.3, 0.4) is 0 Å².